The van der Waals surface area contributed by atoms with Crippen LogP contribution in [0.3, 0.4) is 0 Å². The monoisotopic (exact) mass is 318 g/mol. The van der Waals surface area contributed by atoms with Crippen LogP contribution in [0.5, 0.6) is 0 Å². The van der Waals surface area contributed by atoms with E-state index in [2.05, 4.69) is 16.3 Å². The van der Waals surface area contributed by atoms with Gasteiger partial charge in [0.05, 0.1) is 4.88 Å². The highest BCUT2D eigenvalue weighted by Crippen LogP contribution is 2.35. The lowest BCUT2D eigenvalue weighted by atomic mass is 10.2. The predicted octanol–water partition coefficient (Wildman–Crippen LogP) is 2.89. The Morgan fingerprint density at radius 2 is 2.29 bits per heavy atom. The molecule has 1 aliphatic rings. The van der Waals surface area contributed by atoms with Crippen molar-refractivity contribution >= 4 is 33.9 Å². The molecule has 0 unspecified atom stereocenters. The van der Waals surface area contributed by atoms with E-state index < -0.39 is 0 Å². The van der Waals surface area contributed by atoms with Crippen molar-refractivity contribution in [1.29, 1.82) is 0 Å². The van der Waals surface area contributed by atoms with E-state index in [9.17, 15) is 0 Å². The first-order valence-electron chi connectivity index (χ1n) is 4.44. The molecule has 3 rings (SSSR count). The molecule has 0 fully saturated rings. The number of hydrogen-bond acceptors (Lipinski definition) is 4. The molecule has 0 aliphatic heterocycles. The van der Waals surface area contributed by atoms with Crippen LogP contribution in [0.25, 0.3) is 10.8 Å². The summed E-state index contributed by atoms with van der Waals surface area (Å²) in [6.45, 7) is 0. The minimum atomic E-state index is 0.603. The molecule has 1 aliphatic carbocycles. The van der Waals surface area contributed by atoms with E-state index in [-0.39, 0.29) is 0 Å². The van der Waals surface area contributed by atoms with Crippen molar-refractivity contribution in [3.63, 3.8) is 0 Å². The summed E-state index contributed by atoms with van der Waals surface area (Å²) >= 11 is 3.82. The van der Waals surface area contributed by atoms with Crippen LogP contribution in [0, 0.1) is 3.90 Å². The van der Waals surface area contributed by atoms with E-state index >= 15 is 0 Å². The lowest BCUT2D eigenvalue weighted by Crippen LogP contribution is -1.73. The molecular weight excluding hydrogens is 311 g/mol. The molecular formula is C9H7IN2OS. The molecule has 0 bridgehead atoms. The molecule has 5 heteroatoms. The molecule has 0 amide bonds. The lowest BCUT2D eigenvalue weighted by molar-refractivity contribution is 0.538. The first-order chi connectivity index (χ1) is 6.83. The van der Waals surface area contributed by atoms with Crippen LogP contribution in [0.15, 0.2) is 10.5 Å². The van der Waals surface area contributed by atoms with Gasteiger partial charge in [-0.3, -0.25) is 0 Å². The van der Waals surface area contributed by atoms with Crippen LogP contribution in [0.2, 0.25) is 0 Å². The van der Waals surface area contributed by atoms with Gasteiger partial charge in [0.25, 0.3) is 9.79 Å². The number of halogens is 1. The molecule has 0 atom stereocenters. The summed E-state index contributed by atoms with van der Waals surface area (Å²) < 4.78 is 5.98. The van der Waals surface area contributed by atoms with Gasteiger partial charge in [0.1, 0.15) is 0 Å². The zero-order valence-electron chi connectivity index (χ0n) is 7.29. The van der Waals surface area contributed by atoms with Gasteiger partial charge in [0.2, 0.25) is 0 Å². The van der Waals surface area contributed by atoms with Crippen LogP contribution in [-0.4, -0.2) is 10.2 Å². The van der Waals surface area contributed by atoms with Crippen molar-refractivity contribution in [1.82, 2.24) is 10.2 Å². The summed E-state index contributed by atoms with van der Waals surface area (Å²) in [5.74, 6) is 0.661. The number of fused-ring (bicyclic) bond motifs is 1. The van der Waals surface area contributed by atoms with Crippen LogP contribution >= 0.6 is 33.9 Å². The summed E-state index contributed by atoms with van der Waals surface area (Å²) in [6, 6.07) is 2.19. The summed E-state index contributed by atoms with van der Waals surface area (Å²) in [6.07, 6.45) is 3.71. The minimum Gasteiger partial charge on any atom is -0.411 e. The second kappa shape index (κ2) is 3.30. The topological polar surface area (TPSA) is 38.9 Å². The average molecular weight is 318 g/mol. The summed E-state index contributed by atoms with van der Waals surface area (Å²) in [4.78, 5) is 2.61. The summed E-state index contributed by atoms with van der Waals surface area (Å²) in [5, 5.41) is 7.84. The molecule has 3 nitrogen and oxygen atoms in total. The number of nitrogens with zero attached hydrogens (tertiary/aromatic N) is 2. The van der Waals surface area contributed by atoms with E-state index in [1.165, 1.54) is 29.7 Å². The maximum Gasteiger partial charge on any atom is 0.278 e. The number of aromatic nitrogens is 2. The summed E-state index contributed by atoms with van der Waals surface area (Å²) in [5.41, 5.74) is 1.47. The van der Waals surface area contributed by atoms with E-state index in [0.29, 0.717) is 9.79 Å². The highest BCUT2D eigenvalue weighted by molar-refractivity contribution is 14.1. The SMILES string of the molecule is Ic1nnc(-c2cc3c(s2)CCC3)o1. The van der Waals surface area contributed by atoms with Crippen molar-refractivity contribution in [2.45, 2.75) is 19.3 Å². The number of thiophene rings is 1. The van der Waals surface area contributed by atoms with Gasteiger partial charge in [-0.1, -0.05) is 0 Å². The molecule has 0 radical (unpaired) electrons. The van der Waals surface area contributed by atoms with Crippen LogP contribution in [0.4, 0.5) is 0 Å². The van der Waals surface area contributed by atoms with Crippen molar-refractivity contribution < 1.29 is 4.42 Å². The Kier molecular flexibility index (Phi) is 2.09. The van der Waals surface area contributed by atoms with Crippen molar-refractivity contribution in [3.05, 3.63) is 20.4 Å². The second-order valence-electron chi connectivity index (χ2n) is 3.27. The Labute approximate surface area is 98.7 Å². The van der Waals surface area contributed by atoms with E-state index in [1.54, 1.807) is 11.3 Å². The first-order valence-corrected chi connectivity index (χ1v) is 6.33. The Morgan fingerprint density at radius 1 is 1.36 bits per heavy atom. The summed E-state index contributed by atoms with van der Waals surface area (Å²) in [7, 11) is 0. The molecule has 2 aromatic heterocycles. The molecule has 0 aromatic carbocycles. The molecule has 0 saturated heterocycles. The van der Waals surface area contributed by atoms with Gasteiger partial charge in [-0.05, 0) is 30.9 Å². The van der Waals surface area contributed by atoms with Gasteiger partial charge in [-0.15, -0.1) is 21.5 Å². The van der Waals surface area contributed by atoms with Crippen LogP contribution < -0.4 is 0 Å². The molecule has 0 saturated carbocycles. The lowest BCUT2D eigenvalue weighted by Gasteiger charge is -1.86. The fourth-order valence-electron chi connectivity index (χ4n) is 1.74. The van der Waals surface area contributed by atoms with Crippen LogP contribution in [0.1, 0.15) is 16.9 Å². The van der Waals surface area contributed by atoms with Crippen molar-refractivity contribution in [2.75, 3.05) is 0 Å². The number of rotatable bonds is 1. The largest absolute Gasteiger partial charge is 0.411 e. The Morgan fingerprint density at radius 3 is 3.00 bits per heavy atom. The maximum atomic E-state index is 5.38. The molecule has 2 aromatic rings. The standard InChI is InChI=1S/C9H7IN2OS/c10-9-12-11-8(13-9)7-4-5-2-1-3-6(5)14-7/h4H,1-3H2. The number of hydrogen-bond donors (Lipinski definition) is 0. The molecule has 14 heavy (non-hydrogen) atoms. The van der Waals surface area contributed by atoms with E-state index in [1.807, 2.05) is 22.6 Å². The third-order valence-electron chi connectivity index (χ3n) is 2.36. The van der Waals surface area contributed by atoms with Gasteiger partial charge in [-0.2, -0.15) is 0 Å². The maximum absolute atomic E-state index is 5.38. The van der Waals surface area contributed by atoms with Gasteiger partial charge < -0.3 is 4.42 Å². The third-order valence-corrected chi connectivity index (χ3v) is 4.02. The minimum absolute atomic E-state index is 0.603. The zero-order valence-corrected chi connectivity index (χ0v) is 10.3. The highest BCUT2D eigenvalue weighted by atomic mass is 127. The molecule has 2 heterocycles. The second-order valence-corrected chi connectivity index (χ2v) is 5.33. The quantitative estimate of drug-likeness (QED) is 0.759. The van der Waals surface area contributed by atoms with Gasteiger partial charge >= 0.3 is 0 Å². The average Bonchev–Trinajstić information content (AvgIpc) is 2.75. The van der Waals surface area contributed by atoms with Crippen molar-refractivity contribution in [3.8, 4) is 10.8 Å². The number of aryl methyl sites for hydroxylation is 2. The van der Waals surface area contributed by atoms with Crippen LogP contribution in [-0.2, 0) is 12.8 Å². The Balaban J connectivity index is 2.05. The van der Waals surface area contributed by atoms with E-state index in [4.69, 9.17) is 4.42 Å². The molecule has 0 spiro atoms. The van der Waals surface area contributed by atoms with Gasteiger partial charge in [-0.25, -0.2) is 0 Å². The third kappa shape index (κ3) is 1.38. The van der Waals surface area contributed by atoms with Gasteiger partial charge in [0.15, 0.2) is 0 Å². The zero-order chi connectivity index (χ0) is 9.54. The highest BCUT2D eigenvalue weighted by Gasteiger charge is 2.18. The predicted molar refractivity (Wildman–Crippen MR) is 62.4 cm³/mol. The normalized spacial score (nSPS) is 14.6. The molecule has 72 valence electrons. The Hall–Kier alpha value is -0.430. The smallest absolute Gasteiger partial charge is 0.278 e. The van der Waals surface area contributed by atoms with E-state index in [0.717, 1.165) is 4.88 Å². The van der Waals surface area contributed by atoms with Gasteiger partial charge in [0, 0.05) is 27.5 Å². The fourth-order valence-corrected chi connectivity index (χ4v) is 3.23. The molecule has 0 N–H and O–H groups in total. The Bertz CT molecular complexity index is 455. The fraction of sp³-hybridized carbons (Fsp3) is 0.333. The first kappa shape index (κ1) is 8.84. The van der Waals surface area contributed by atoms with Crippen molar-refractivity contribution in [2.24, 2.45) is 0 Å².